The van der Waals surface area contributed by atoms with E-state index in [2.05, 4.69) is 10.1 Å². The molecule has 0 saturated heterocycles. The summed E-state index contributed by atoms with van der Waals surface area (Å²) < 4.78 is 1.99. The van der Waals surface area contributed by atoms with Gasteiger partial charge in [0.2, 0.25) is 5.91 Å². The molecule has 1 aliphatic carbocycles. The van der Waals surface area contributed by atoms with E-state index in [1.807, 2.05) is 46.0 Å². The summed E-state index contributed by atoms with van der Waals surface area (Å²) >= 11 is 0. The molecular formula is C18H20N4O. The second-order valence-electron chi connectivity index (χ2n) is 6.20. The number of aromatic nitrogens is 3. The first kappa shape index (κ1) is 14.2. The Hall–Kier alpha value is -2.43. The van der Waals surface area contributed by atoms with E-state index >= 15 is 0 Å². The lowest BCUT2D eigenvalue weighted by Crippen LogP contribution is -2.32. The van der Waals surface area contributed by atoms with Gasteiger partial charge in [0.15, 0.2) is 5.82 Å². The van der Waals surface area contributed by atoms with Crippen LogP contribution < -0.4 is 0 Å². The van der Waals surface area contributed by atoms with Gasteiger partial charge in [-0.1, -0.05) is 30.3 Å². The van der Waals surface area contributed by atoms with Gasteiger partial charge in [-0.05, 0) is 24.5 Å². The van der Waals surface area contributed by atoms with E-state index in [9.17, 15) is 4.79 Å². The Labute approximate surface area is 135 Å². The number of rotatable bonds is 3. The van der Waals surface area contributed by atoms with E-state index < -0.39 is 0 Å². The van der Waals surface area contributed by atoms with Crippen LogP contribution in [-0.4, -0.2) is 38.7 Å². The van der Waals surface area contributed by atoms with Crippen molar-refractivity contribution in [1.29, 1.82) is 0 Å². The van der Waals surface area contributed by atoms with E-state index in [1.165, 1.54) is 12.8 Å². The van der Waals surface area contributed by atoms with Gasteiger partial charge >= 0.3 is 0 Å². The Morgan fingerprint density at radius 3 is 2.74 bits per heavy atom. The predicted molar refractivity (Wildman–Crippen MR) is 87.8 cm³/mol. The van der Waals surface area contributed by atoms with Crippen LogP contribution in [0.1, 0.15) is 36.0 Å². The number of amides is 1. The summed E-state index contributed by atoms with van der Waals surface area (Å²) in [5.74, 6) is 2.67. The molecule has 2 aliphatic rings. The van der Waals surface area contributed by atoms with Gasteiger partial charge in [0.25, 0.3) is 0 Å². The number of hydrogen-bond donors (Lipinski definition) is 0. The molecule has 1 aromatic carbocycles. The molecule has 5 nitrogen and oxygen atoms in total. The average molecular weight is 308 g/mol. The van der Waals surface area contributed by atoms with Gasteiger partial charge in [0.1, 0.15) is 5.82 Å². The van der Waals surface area contributed by atoms with Crippen LogP contribution in [0.5, 0.6) is 0 Å². The number of benzene rings is 1. The molecule has 0 radical (unpaired) electrons. The zero-order chi connectivity index (χ0) is 15.6. The van der Waals surface area contributed by atoms with E-state index in [-0.39, 0.29) is 5.91 Å². The quantitative estimate of drug-likeness (QED) is 0.817. The fourth-order valence-corrected chi connectivity index (χ4v) is 2.89. The highest BCUT2D eigenvalue weighted by atomic mass is 16.2. The average Bonchev–Trinajstić information content (AvgIpc) is 3.38. The van der Waals surface area contributed by atoms with Crippen LogP contribution in [-0.2, 0) is 17.8 Å². The van der Waals surface area contributed by atoms with E-state index in [0.29, 0.717) is 19.0 Å². The van der Waals surface area contributed by atoms with Crippen molar-refractivity contribution in [1.82, 2.24) is 19.7 Å². The van der Waals surface area contributed by atoms with Crippen molar-refractivity contribution in [3.05, 3.63) is 53.6 Å². The first-order chi connectivity index (χ1) is 11.3. The summed E-state index contributed by atoms with van der Waals surface area (Å²) in [6.45, 7) is 2.14. The van der Waals surface area contributed by atoms with Gasteiger partial charge in [-0.3, -0.25) is 4.79 Å². The molecule has 1 amide bonds. The molecule has 2 aromatic rings. The summed E-state index contributed by atoms with van der Waals surface area (Å²) in [5.41, 5.74) is 1.04. The third-order valence-corrected chi connectivity index (χ3v) is 4.42. The van der Waals surface area contributed by atoms with Gasteiger partial charge < -0.3 is 4.90 Å². The third-order valence-electron chi connectivity index (χ3n) is 4.42. The molecule has 0 N–H and O–H groups in total. The molecule has 0 bridgehead atoms. The molecule has 0 spiro atoms. The number of fused-ring (bicyclic) bond motifs is 1. The molecule has 118 valence electrons. The largest absolute Gasteiger partial charge is 0.337 e. The predicted octanol–water partition coefficient (Wildman–Crippen LogP) is 2.25. The molecule has 1 aliphatic heterocycles. The summed E-state index contributed by atoms with van der Waals surface area (Å²) in [5, 5.41) is 4.61. The number of hydrogen-bond acceptors (Lipinski definition) is 3. The Kier molecular flexibility index (Phi) is 3.69. The fraction of sp³-hybridized carbons (Fsp3) is 0.389. The zero-order valence-electron chi connectivity index (χ0n) is 13.1. The maximum absolute atomic E-state index is 12.4. The van der Waals surface area contributed by atoms with Crippen LogP contribution >= 0.6 is 0 Å². The van der Waals surface area contributed by atoms with Crippen LogP contribution in [0.4, 0.5) is 0 Å². The standard InChI is InChI=1S/C18H20N4O/c23-17(9-6-14-4-2-1-3-5-14)21-11-10-16-19-18(15-7-8-15)20-22(16)13-12-21/h1-6,9,15H,7-8,10-13H2/b9-6+. The molecule has 0 unspecified atom stereocenters. The first-order valence-corrected chi connectivity index (χ1v) is 8.25. The SMILES string of the molecule is O=C(/C=C/c1ccccc1)N1CCc2nc(C3CC3)nn2CC1. The molecule has 0 atom stereocenters. The lowest BCUT2D eigenvalue weighted by Gasteiger charge is -2.17. The smallest absolute Gasteiger partial charge is 0.246 e. The van der Waals surface area contributed by atoms with E-state index in [0.717, 1.165) is 30.2 Å². The second kappa shape index (κ2) is 5.99. The van der Waals surface area contributed by atoms with Crippen molar-refractivity contribution in [2.24, 2.45) is 0 Å². The highest BCUT2D eigenvalue weighted by molar-refractivity contribution is 5.91. The summed E-state index contributed by atoms with van der Waals surface area (Å²) in [6.07, 6.45) is 6.75. The summed E-state index contributed by atoms with van der Waals surface area (Å²) in [7, 11) is 0. The lowest BCUT2D eigenvalue weighted by atomic mass is 10.2. The topological polar surface area (TPSA) is 51.0 Å². The monoisotopic (exact) mass is 308 g/mol. The van der Waals surface area contributed by atoms with Crippen molar-refractivity contribution < 1.29 is 4.79 Å². The molecular weight excluding hydrogens is 288 g/mol. The second-order valence-corrected chi connectivity index (χ2v) is 6.20. The zero-order valence-corrected chi connectivity index (χ0v) is 13.1. The fourth-order valence-electron chi connectivity index (χ4n) is 2.89. The van der Waals surface area contributed by atoms with Crippen LogP contribution in [0, 0.1) is 0 Å². The van der Waals surface area contributed by atoms with Crippen molar-refractivity contribution in [3.63, 3.8) is 0 Å². The van der Waals surface area contributed by atoms with E-state index in [1.54, 1.807) is 6.08 Å². The van der Waals surface area contributed by atoms with E-state index in [4.69, 9.17) is 0 Å². The highest BCUT2D eigenvalue weighted by Crippen LogP contribution is 2.38. The highest BCUT2D eigenvalue weighted by Gasteiger charge is 2.29. The van der Waals surface area contributed by atoms with Crippen LogP contribution in [0.25, 0.3) is 6.08 Å². The van der Waals surface area contributed by atoms with Crippen molar-refractivity contribution in [2.45, 2.75) is 31.7 Å². The minimum absolute atomic E-state index is 0.0574. The first-order valence-electron chi connectivity index (χ1n) is 8.25. The summed E-state index contributed by atoms with van der Waals surface area (Å²) in [6, 6.07) is 9.89. The van der Waals surface area contributed by atoms with Gasteiger partial charge in [-0.2, -0.15) is 5.10 Å². The molecule has 4 rings (SSSR count). The molecule has 5 heteroatoms. The maximum atomic E-state index is 12.4. The Bertz CT molecular complexity index is 705. The Balaban J connectivity index is 1.40. The van der Waals surface area contributed by atoms with Gasteiger partial charge in [-0.15, -0.1) is 0 Å². The van der Waals surface area contributed by atoms with Crippen LogP contribution in [0.15, 0.2) is 36.4 Å². The molecule has 1 saturated carbocycles. The number of nitrogens with zero attached hydrogens (tertiary/aromatic N) is 4. The summed E-state index contributed by atoms with van der Waals surface area (Å²) in [4.78, 5) is 18.9. The third kappa shape index (κ3) is 3.18. The maximum Gasteiger partial charge on any atom is 0.246 e. The van der Waals surface area contributed by atoms with Gasteiger partial charge in [-0.25, -0.2) is 9.67 Å². The van der Waals surface area contributed by atoms with Crippen molar-refractivity contribution in [2.75, 3.05) is 13.1 Å². The molecule has 23 heavy (non-hydrogen) atoms. The number of carbonyl (C=O) groups excluding carboxylic acids is 1. The molecule has 1 fully saturated rings. The normalized spacial score (nSPS) is 18.0. The minimum Gasteiger partial charge on any atom is -0.337 e. The van der Waals surface area contributed by atoms with Gasteiger partial charge in [0.05, 0.1) is 6.54 Å². The lowest BCUT2D eigenvalue weighted by molar-refractivity contribution is -0.125. The minimum atomic E-state index is 0.0574. The van der Waals surface area contributed by atoms with Gasteiger partial charge in [0, 0.05) is 31.5 Å². The number of carbonyl (C=O) groups is 1. The Morgan fingerprint density at radius 1 is 1.13 bits per heavy atom. The van der Waals surface area contributed by atoms with Crippen LogP contribution in [0.2, 0.25) is 0 Å². The molecule has 1 aromatic heterocycles. The molecule has 2 heterocycles. The van der Waals surface area contributed by atoms with Crippen molar-refractivity contribution >= 4 is 12.0 Å². The van der Waals surface area contributed by atoms with Crippen LogP contribution in [0.3, 0.4) is 0 Å². The Morgan fingerprint density at radius 2 is 1.96 bits per heavy atom. The van der Waals surface area contributed by atoms with Crippen molar-refractivity contribution in [3.8, 4) is 0 Å².